The molecule has 1 saturated heterocycles. The van der Waals surface area contributed by atoms with Gasteiger partial charge in [-0.3, -0.25) is 14.4 Å². The van der Waals surface area contributed by atoms with Gasteiger partial charge in [-0.2, -0.15) is 15.6 Å². The number of piperidine rings is 1. The molecule has 11 heteroatoms. The van der Waals surface area contributed by atoms with Crippen LogP contribution in [0, 0.1) is 40.3 Å². The Morgan fingerprint density at radius 1 is 1.39 bits per heavy atom. The lowest BCUT2D eigenvalue weighted by atomic mass is 9.67. The summed E-state index contributed by atoms with van der Waals surface area (Å²) in [6.07, 6.45) is 0.802. The fourth-order valence-corrected chi connectivity index (χ4v) is 4.43. The van der Waals surface area contributed by atoms with E-state index in [-0.39, 0.29) is 24.3 Å². The number of anilines is 2. The Bertz CT molecular complexity index is 1130. The highest BCUT2D eigenvalue weighted by molar-refractivity contribution is 5.98. The minimum Gasteiger partial charge on any atom is -0.465 e. The van der Waals surface area contributed by atoms with Crippen molar-refractivity contribution in [2.75, 3.05) is 11.9 Å². The molecule has 1 fully saturated rings. The number of carbonyl (C=O) groups excluding carboxylic acids is 1. The molecule has 33 heavy (non-hydrogen) atoms. The maximum absolute atomic E-state index is 13.2. The highest BCUT2D eigenvalue weighted by atomic mass is 19.1. The molecule has 2 aromatic rings. The second-order valence-corrected chi connectivity index (χ2v) is 8.01. The quantitative estimate of drug-likeness (QED) is 0.605. The van der Waals surface area contributed by atoms with Crippen molar-refractivity contribution in [1.29, 1.82) is 10.5 Å². The van der Waals surface area contributed by atoms with Gasteiger partial charge in [0.1, 0.15) is 17.3 Å². The van der Waals surface area contributed by atoms with Gasteiger partial charge in [0.25, 0.3) is 5.91 Å². The van der Waals surface area contributed by atoms with Gasteiger partial charge < -0.3 is 16.2 Å². The SMILES string of the molecule is CCC(C)C1(C#N)C(C#N)C(n2cc(C(N)=O)c(Nc3ccc(F)cc3)n2)CCN1C(=O)O. The predicted molar refractivity (Wildman–Crippen MR) is 116 cm³/mol. The maximum Gasteiger partial charge on any atom is 0.408 e. The number of benzene rings is 1. The fourth-order valence-electron chi connectivity index (χ4n) is 4.43. The zero-order valence-corrected chi connectivity index (χ0v) is 18.2. The molecule has 10 nitrogen and oxygen atoms in total. The number of hydrogen-bond acceptors (Lipinski definition) is 6. The van der Waals surface area contributed by atoms with Gasteiger partial charge in [-0.1, -0.05) is 20.3 Å². The zero-order valence-electron chi connectivity index (χ0n) is 18.2. The van der Waals surface area contributed by atoms with Crippen molar-refractivity contribution >= 4 is 23.5 Å². The molecule has 1 aromatic heterocycles. The van der Waals surface area contributed by atoms with Gasteiger partial charge in [-0.25, -0.2) is 9.18 Å². The van der Waals surface area contributed by atoms with E-state index >= 15 is 0 Å². The van der Waals surface area contributed by atoms with Crippen molar-refractivity contribution in [3.05, 3.63) is 41.8 Å². The summed E-state index contributed by atoms with van der Waals surface area (Å²) in [4.78, 5) is 25.1. The molecule has 4 N–H and O–H groups in total. The molecule has 1 aromatic carbocycles. The second-order valence-electron chi connectivity index (χ2n) is 8.01. The van der Waals surface area contributed by atoms with Crippen molar-refractivity contribution in [2.45, 2.75) is 38.3 Å². The number of aromatic nitrogens is 2. The average Bonchev–Trinajstić information content (AvgIpc) is 3.22. The largest absolute Gasteiger partial charge is 0.465 e. The molecule has 2 amide bonds. The standard InChI is InChI=1S/C22H24FN7O3/c1-3-13(2)22(12-25)17(10-24)18(8-9-29(22)21(32)33)30-11-16(19(26)31)20(28-30)27-15-6-4-14(23)5-7-15/h4-7,11,13,17-18H,3,8-9H2,1-2H3,(H2,26,31)(H,27,28)(H,32,33). The summed E-state index contributed by atoms with van der Waals surface area (Å²) in [5, 5.41) is 37.3. The van der Waals surface area contributed by atoms with Gasteiger partial charge in [-0.15, -0.1) is 0 Å². The van der Waals surface area contributed by atoms with Gasteiger partial charge in [-0.05, 0) is 36.6 Å². The summed E-state index contributed by atoms with van der Waals surface area (Å²) in [6, 6.07) is 9.00. The molecule has 2 heterocycles. The molecule has 0 aliphatic carbocycles. The van der Waals surface area contributed by atoms with Crippen LogP contribution in [0.25, 0.3) is 0 Å². The third-order valence-electron chi connectivity index (χ3n) is 6.31. The van der Waals surface area contributed by atoms with Gasteiger partial charge in [0.2, 0.25) is 0 Å². The molecular formula is C22H24FN7O3. The Morgan fingerprint density at radius 3 is 2.58 bits per heavy atom. The minimum absolute atomic E-state index is 0.0164. The first-order valence-corrected chi connectivity index (χ1v) is 10.4. The van der Waals surface area contributed by atoms with E-state index in [2.05, 4.69) is 22.6 Å². The third-order valence-corrected chi connectivity index (χ3v) is 6.31. The number of amides is 2. The molecule has 1 aliphatic heterocycles. The normalized spacial score (nSPS) is 23.2. The van der Waals surface area contributed by atoms with E-state index in [9.17, 15) is 29.6 Å². The lowest BCUT2D eigenvalue weighted by Gasteiger charge is -2.49. The molecule has 172 valence electrons. The van der Waals surface area contributed by atoms with Crippen molar-refractivity contribution in [1.82, 2.24) is 14.7 Å². The number of nitrogens with zero attached hydrogens (tertiary/aromatic N) is 5. The third kappa shape index (κ3) is 4.05. The van der Waals surface area contributed by atoms with E-state index in [4.69, 9.17) is 5.73 Å². The number of rotatable bonds is 6. The van der Waals surface area contributed by atoms with Crippen LogP contribution in [-0.4, -0.2) is 43.9 Å². The van der Waals surface area contributed by atoms with E-state index in [1.165, 1.54) is 35.1 Å². The van der Waals surface area contributed by atoms with E-state index in [0.717, 1.165) is 4.90 Å². The number of hydrogen-bond donors (Lipinski definition) is 3. The van der Waals surface area contributed by atoms with Crippen LogP contribution in [-0.2, 0) is 0 Å². The van der Waals surface area contributed by atoms with Crippen LogP contribution in [0.4, 0.5) is 20.7 Å². The zero-order chi connectivity index (χ0) is 24.3. The number of carboxylic acid groups (broad SMARTS) is 1. The number of nitrogens with one attached hydrogen (secondary N) is 1. The number of nitriles is 2. The molecule has 0 spiro atoms. The number of carbonyl (C=O) groups is 2. The van der Waals surface area contributed by atoms with Crippen LogP contribution in [0.5, 0.6) is 0 Å². The fraction of sp³-hybridized carbons (Fsp3) is 0.409. The lowest BCUT2D eigenvalue weighted by Crippen LogP contribution is -2.64. The summed E-state index contributed by atoms with van der Waals surface area (Å²) in [5.74, 6) is -2.58. The highest BCUT2D eigenvalue weighted by Gasteiger charge is 2.57. The molecule has 1 aliphatic rings. The smallest absolute Gasteiger partial charge is 0.408 e. The number of primary amides is 1. The van der Waals surface area contributed by atoms with Crippen molar-refractivity contribution < 1.29 is 19.1 Å². The summed E-state index contributed by atoms with van der Waals surface area (Å²) in [6.45, 7) is 3.58. The summed E-state index contributed by atoms with van der Waals surface area (Å²) in [5.41, 5.74) is 4.43. The molecule has 4 atom stereocenters. The van der Waals surface area contributed by atoms with Crippen LogP contribution in [0.2, 0.25) is 0 Å². The summed E-state index contributed by atoms with van der Waals surface area (Å²) < 4.78 is 14.6. The Labute approximate surface area is 190 Å². The molecule has 0 saturated carbocycles. The van der Waals surface area contributed by atoms with E-state index in [1.807, 2.05) is 6.92 Å². The van der Waals surface area contributed by atoms with Crippen molar-refractivity contribution in [3.8, 4) is 12.1 Å². The van der Waals surface area contributed by atoms with Gasteiger partial charge >= 0.3 is 6.09 Å². The molecule has 0 bridgehead atoms. The van der Waals surface area contributed by atoms with Crippen molar-refractivity contribution in [3.63, 3.8) is 0 Å². The Hall–Kier alpha value is -4.12. The molecular weight excluding hydrogens is 429 g/mol. The van der Waals surface area contributed by atoms with E-state index in [1.54, 1.807) is 6.92 Å². The summed E-state index contributed by atoms with van der Waals surface area (Å²) >= 11 is 0. The topological polar surface area (TPSA) is 161 Å². The van der Waals surface area contributed by atoms with Crippen LogP contribution < -0.4 is 11.1 Å². The van der Waals surface area contributed by atoms with Gasteiger partial charge in [0.05, 0.1) is 18.2 Å². The predicted octanol–water partition coefficient (Wildman–Crippen LogP) is 3.24. The first kappa shape index (κ1) is 23.5. The van der Waals surface area contributed by atoms with E-state index in [0.29, 0.717) is 12.1 Å². The number of nitrogens with two attached hydrogens (primary N) is 1. The first-order valence-electron chi connectivity index (χ1n) is 10.4. The Morgan fingerprint density at radius 2 is 2.06 bits per heavy atom. The number of halogens is 1. The first-order chi connectivity index (χ1) is 15.7. The highest BCUT2D eigenvalue weighted by Crippen LogP contribution is 2.45. The van der Waals surface area contributed by atoms with Crippen LogP contribution in [0.1, 0.15) is 43.1 Å². The lowest BCUT2D eigenvalue weighted by molar-refractivity contribution is -0.00125. The summed E-state index contributed by atoms with van der Waals surface area (Å²) in [7, 11) is 0. The Balaban J connectivity index is 2.07. The maximum atomic E-state index is 13.2. The van der Waals surface area contributed by atoms with Gasteiger partial charge in [0.15, 0.2) is 11.4 Å². The number of likely N-dealkylation sites (tertiary alicyclic amines) is 1. The Kier molecular flexibility index (Phi) is 6.54. The molecule has 0 radical (unpaired) electrons. The second kappa shape index (κ2) is 9.17. The van der Waals surface area contributed by atoms with Gasteiger partial charge in [0, 0.05) is 18.4 Å². The average molecular weight is 453 g/mol. The molecule has 4 unspecified atom stereocenters. The minimum atomic E-state index is -1.60. The monoisotopic (exact) mass is 453 g/mol. The van der Waals surface area contributed by atoms with Crippen molar-refractivity contribution in [2.24, 2.45) is 17.6 Å². The molecule has 3 rings (SSSR count). The van der Waals surface area contributed by atoms with Crippen LogP contribution in [0.15, 0.2) is 30.5 Å². The van der Waals surface area contributed by atoms with E-state index < -0.39 is 41.2 Å². The van der Waals surface area contributed by atoms with Crippen LogP contribution in [0.3, 0.4) is 0 Å². The van der Waals surface area contributed by atoms with Crippen LogP contribution >= 0.6 is 0 Å².